The maximum absolute atomic E-state index is 12.9. The van der Waals surface area contributed by atoms with Gasteiger partial charge in [0, 0.05) is 0 Å². The van der Waals surface area contributed by atoms with Crippen molar-refractivity contribution in [1.29, 1.82) is 0 Å². The first-order valence-electron chi connectivity index (χ1n) is 6.66. The Morgan fingerprint density at radius 2 is 1.76 bits per heavy atom. The van der Waals surface area contributed by atoms with Gasteiger partial charge in [0.25, 0.3) is 0 Å². The molecular formula is C15H22FN. The molecule has 2 heteroatoms. The molecule has 1 aliphatic carbocycles. The topological polar surface area (TPSA) is 26.0 Å². The predicted molar refractivity (Wildman–Crippen MR) is 69.3 cm³/mol. The van der Waals surface area contributed by atoms with Crippen molar-refractivity contribution in [2.24, 2.45) is 17.6 Å². The molecule has 1 aliphatic rings. The number of benzene rings is 1. The number of nitrogens with two attached hydrogens (primary N) is 1. The molecule has 0 aromatic heterocycles. The molecule has 1 aromatic carbocycles. The van der Waals surface area contributed by atoms with Crippen LogP contribution in [0.1, 0.15) is 44.1 Å². The van der Waals surface area contributed by atoms with Gasteiger partial charge in [-0.3, -0.25) is 0 Å². The van der Waals surface area contributed by atoms with Crippen LogP contribution in [0.15, 0.2) is 24.3 Å². The Kier molecular flexibility index (Phi) is 4.16. The number of halogens is 1. The van der Waals surface area contributed by atoms with E-state index in [-0.39, 0.29) is 5.82 Å². The lowest BCUT2D eigenvalue weighted by atomic mass is 9.74. The van der Waals surface area contributed by atoms with E-state index in [1.165, 1.54) is 31.2 Å². The molecule has 1 fully saturated rings. The first kappa shape index (κ1) is 12.6. The van der Waals surface area contributed by atoms with Gasteiger partial charge in [-0.2, -0.15) is 0 Å². The average molecular weight is 235 g/mol. The standard InChI is InChI=1S/C15H22FN/c1-11-2-4-12(5-3-11)15(10-17)13-6-8-14(16)9-7-13/h6-9,11-12,15H,2-5,10,17H2,1H3. The third kappa shape index (κ3) is 3.06. The normalized spacial score (nSPS) is 26.8. The van der Waals surface area contributed by atoms with Crippen LogP contribution in [0.2, 0.25) is 0 Å². The Labute approximate surface area is 103 Å². The van der Waals surface area contributed by atoms with Crippen LogP contribution in [0.25, 0.3) is 0 Å². The van der Waals surface area contributed by atoms with E-state index in [9.17, 15) is 4.39 Å². The maximum Gasteiger partial charge on any atom is 0.123 e. The van der Waals surface area contributed by atoms with Crippen LogP contribution < -0.4 is 5.73 Å². The van der Waals surface area contributed by atoms with E-state index < -0.39 is 0 Å². The van der Waals surface area contributed by atoms with Gasteiger partial charge in [-0.15, -0.1) is 0 Å². The highest BCUT2D eigenvalue weighted by Crippen LogP contribution is 2.37. The Bertz CT molecular complexity index is 338. The van der Waals surface area contributed by atoms with Gasteiger partial charge in [-0.1, -0.05) is 31.9 Å². The van der Waals surface area contributed by atoms with E-state index in [1.807, 2.05) is 12.1 Å². The zero-order chi connectivity index (χ0) is 12.3. The van der Waals surface area contributed by atoms with Gasteiger partial charge in [0.05, 0.1) is 0 Å². The highest BCUT2D eigenvalue weighted by Gasteiger charge is 2.26. The van der Waals surface area contributed by atoms with Crippen molar-refractivity contribution >= 4 is 0 Å². The second-order valence-corrected chi connectivity index (χ2v) is 5.41. The Hall–Kier alpha value is -0.890. The summed E-state index contributed by atoms with van der Waals surface area (Å²) in [7, 11) is 0. The quantitative estimate of drug-likeness (QED) is 0.849. The molecule has 2 N–H and O–H groups in total. The molecule has 0 radical (unpaired) electrons. The number of hydrogen-bond donors (Lipinski definition) is 1. The van der Waals surface area contributed by atoms with Crippen LogP contribution in [0.5, 0.6) is 0 Å². The third-order valence-corrected chi connectivity index (χ3v) is 4.18. The Balaban J connectivity index is 2.08. The minimum atomic E-state index is -0.165. The highest BCUT2D eigenvalue weighted by atomic mass is 19.1. The fourth-order valence-corrected chi connectivity index (χ4v) is 3.00. The molecule has 1 saturated carbocycles. The lowest BCUT2D eigenvalue weighted by Gasteiger charge is -2.32. The van der Waals surface area contributed by atoms with Crippen LogP contribution in [-0.2, 0) is 0 Å². The Morgan fingerprint density at radius 1 is 1.18 bits per heavy atom. The van der Waals surface area contributed by atoms with Crippen LogP contribution in [-0.4, -0.2) is 6.54 Å². The molecule has 17 heavy (non-hydrogen) atoms. The molecule has 94 valence electrons. The smallest absolute Gasteiger partial charge is 0.123 e. The molecule has 0 bridgehead atoms. The van der Waals surface area contributed by atoms with Gasteiger partial charge in [0.1, 0.15) is 5.82 Å². The van der Waals surface area contributed by atoms with E-state index in [0.29, 0.717) is 18.4 Å². The van der Waals surface area contributed by atoms with E-state index in [1.54, 1.807) is 12.1 Å². The van der Waals surface area contributed by atoms with Gasteiger partial charge in [0.15, 0.2) is 0 Å². The first-order chi connectivity index (χ1) is 8.20. The van der Waals surface area contributed by atoms with E-state index in [0.717, 1.165) is 5.92 Å². The molecule has 0 spiro atoms. The summed E-state index contributed by atoms with van der Waals surface area (Å²) in [5, 5.41) is 0. The summed E-state index contributed by atoms with van der Waals surface area (Å²) in [4.78, 5) is 0. The van der Waals surface area contributed by atoms with E-state index in [2.05, 4.69) is 6.92 Å². The summed E-state index contributed by atoms with van der Waals surface area (Å²) in [5.74, 6) is 1.78. The van der Waals surface area contributed by atoms with Gasteiger partial charge in [-0.25, -0.2) is 4.39 Å². The zero-order valence-corrected chi connectivity index (χ0v) is 10.5. The molecule has 0 heterocycles. The number of rotatable bonds is 3. The molecule has 1 unspecified atom stereocenters. The largest absolute Gasteiger partial charge is 0.330 e. The molecular weight excluding hydrogens is 213 g/mol. The molecule has 1 nitrogen and oxygen atoms in total. The van der Waals surface area contributed by atoms with Crippen molar-refractivity contribution in [2.75, 3.05) is 6.54 Å². The Morgan fingerprint density at radius 3 is 2.29 bits per heavy atom. The summed E-state index contributed by atoms with van der Waals surface area (Å²) in [6, 6.07) is 6.88. The zero-order valence-electron chi connectivity index (χ0n) is 10.5. The minimum absolute atomic E-state index is 0.165. The lowest BCUT2D eigenvalue weighted by molar-refractivity contribution is 0.256. The van der Waals surface area contributed by atoms with Crippen molar-refractivity contribution in [2.45, 2.75) is 38.5 Å². The van der Waals surface area contributed by atoms with Crippen LogP contribution >= 0.6 is 0 Å². The van der Waals surface area contributed by atoms with E-state index >= 15 is 0 Å². The van der Waals surface area contributed by atoms with Crippen molar-refractivity contribution in [3.8, 4) is 0 Å². The molecule has 0 aliphatic heterocycles. The molecule has 0 amide bonds. The summed E-state index contributed by atoms with van der Waals surface area (Å²) in [6.45, 7) is 3.00. The van der Waals surface area contributed by atoms with Crippen LogP contribution in [0.3, 0.4) is 0 Å². The van der Waals surface area contributed by atoms with Gasteiger partial charge in [-0.05, 0) is 54.8 Å². The molecule has 0 saturated heterocycles. The third-order valence-electron chi connectivity index (χ3n) is 4.18. The predicted octanol–water partition coefficient (Wildman–Crippen LogP) is 3.69. The molecule has 1 aromatic rings. The van der Waals surface area contributed by atoms with Crippen LogP contribution in [0, 0.1) is 17.7 Å². The van der Waals surface area contributed by atoms with Crippen LogP contribution in [0.4, 0.5) is 4.39 Å². The van der Waals surface area contributed by atoms with Crippen molar-refractivity contribution in [3.63, 3.8) is 0 Å². The molecule has 1 atom stereocenters. The SMILES string of the molecule is CC1CCC(C(CN)c2ccc(F)cc2)CC1. The van der Waals surface area contributed by atoms with Gasteiger partial charge >= 0.3 is 0 Å². The highest BCUT2D eigenvalue weighted by molar-refractivity contribution is 5.21. The van der Waals surface area contributed by atoms with Crippen molar-refractivity contribution < 1.29 is 4.39 Å². The van der Waals surface area contributed by atoms with Gasteiger partial charge in [0.2, 0.25) is 0 Å². The maximum atomic E-state index is 12.9. The van der Waals surface area contributed by atoms with E-state index in [4.69, 9.17) is 5.73 Å². The van der Waals surface area contributed by atoms with Gasteiger partial charge < -0.3 is 5.73 Å². The fraction of sp³-hybridized carbons (Fsp3) is 0.600. The van der Waals surface area contributed by atoms with Crippen molar-refractivity contribution in [1.82, 2.24) is 0 Å². The lowest BCUT2D eigenvalue weighted by Crippen LogP contribution is -2.25. The number of hydrogen-bond acceptors (Lipinski definition) is 1. The second kappa shape index (κ2) is 5.63. The minimum Gasteiger partial charge on any atom is -0.330 e. The first-order valence-corrected chi connectivity index (χ1v) is 6.66. The van der Waals surface area contributed by atoms with Crippen molar-refractivity contribution in [3.05, 3.63) is 35.6 Å². The molecule has 2 rings (SSSR count). The summed E-state index contributed by atoms with van der Waals surface area (Å²) < 4.78 is 12.9. The average Bonchev–Trinajstić information content (AvgIpc) is 2.35. The monoisotopic (exact) mass is 235 g/mol. The second-order valence-electron chi connectivity index (χ2n) is 5.41. The summed E-state index contributed by atoms with van der Waals surface area (Å²) in [6.07, 6.45) is 5.14. The summed E-state index contributed by atoms with van der Waals surface area (Å²) in [5.41, 5.74) is 7.12. The fourth-order valence-electron chi connectivity index (χ4n) is 3.00. The summed E-state index contributed by atoms with van der Waals surface area (Å²) >= 11 is 0.